The Morgan fingerprint density at radius 2 is 2.08 bits per heavy atom. The molecule has 0 amide bonds. The van der Waals surface area contributed by atoms with Gasteiger partial charge in [0.2, 0.25) is 0 Å². The predicted molar refractivity (Wildman–Crippen MR) is 58.2 cm³/mol. The van der Waals surface area contributed by atoms with Gasteiger partial charge in [-0.2, -0.15) is 0 Å². The molecule has 0 saturated carbocycles. The standard InChI is InChI=1S/C9H9NS2/c1-5-2-7-8(11)3-6(10)4-9(7)12-5/h2-4,11H,10H2,1H3. The Hall–Kier alpha value is -0.670. The molecule has 0 bridgehead atoms. The lowest BCUT2D eigenvalue weighted by Gasteiger charge is -1.96. The van der Waals surface area contributed by atoms with Crippen LogP contribution in [-0.2, 0) is 0 Å². The summed E-state index contributed by atoms with van der Waals surface area (Å²) < 4.78 is 1.22. The van der Waals surface area contributed by atoms with Gasteiger partial charge in [-0.25, -0.2) is 0 Å². The lowest BCUT2D eigenvalue weighted by atomic mass is 10.2. The molecule has 0 unspecified atom stereocenters. The number of fused-ring (bicyclic) bond motifs is 1. The maximum atomic E-state index is 5.69. The average Bonchev–Trinajstić information content (AvgIpc) is 2.29. The molecule has 0 atom stereocenters. The Bertz CT molecular complexity index is 431. The number of nitrogen functional groups attached to an aromatic ring is 1. The van der Waals surface area contributed by atoms with Gasteiger partial charge in [-0.1, -0.05) is 0 Å². The summed E-state index contributed by atoms with van der Waals surface area (Å²) in [6, 6.07) is 6.02. The van der Waals surface area contributed by atoms with Crippen molar-refractivity contribution in [2.45, 2.75) is 11.8 Å². The van der Waals surface area contributed by atoms with Crippen molar-refractivity contribution < 1.29 is 0 Å². The Morgan fingerprint density at radius 3 is 2.83 bits per heavy atom. The van der Waals surface area contributed by atoms with Gasteiger partial charge in [-0.15, -0.1) is 24.0 Å². The fraction of sp³-hybridized carbons (Fsp3) is 0.111. The molecule has 1 heterocycles. The van der Waals surface area contributed by atoms with E-state index in [0.717, 1.165) is 10.6 Å². The van der Waals surface area contributed by atoms with Crippen molar-refractivity contribution >= 4 is 39.7 Å². The van der Waals surface area contributed by atoms with E-state index in [-0.39, 0.29) is 0 Å². The number of thiol groups is 1. The van der Waals surface area contributed by atoms with E-state index in [1.165, 1.54) is 15.0 Å². The quantitative estimate of drug-likeness (QED) is 0.490. The third kappa shape index (κ3) is 1.19. The molecule has 0 aliphatic carbocycles. The number of rotatable bonds is 0. The van der Waals surface area contributed by atoms with E-state index >= 15 is 0 Å². The zero-order valence-electron chi connectivity index (χ0n) is 6.66. The summed E-state index contributed by atoms with van der Waals surface area (Å²) in [5.74, 6) is 0. The van der Waals surface area contributed by atoms with Gasteiger partial charge in [0.15, 0.2) is 0 Å². The normalized spacial score (nSPS) is 10.8. The van der Waals surface area contributed by atoms with Crippen LogP contribution in [-0.4, -0.2) is 0 Å². The minimum absolute atomic E-state index is 0.786. The summed E-state index contributed by atoms with van der Waals surface area (Å²) in [5.41, 5.74) is 6.48. The van der Waals surface area contributed by atoms with Crippen LogP contribution in [0, 0.1) is 6.92 Å². The van der Waals surface area contributed by atoms with E-state index in [0.29, 0.717) is 0 Å². The first-order valence-electron chi connectivity index (χ1n) is 3.65. The SMILES string of the molecule is Cc1cc2c(S)cc(N)cc2s1. The molecule has 12 heavy (non-hydrogen) atoms. The highest BCUT2D eigenvalue weighted by molar-refractivity contribution is 7.80. The highest BCUT2D eigenvalue weighted by Gasteiger charge is 2.02. The second kappa shape index (κ2) is 2.68. The minimum atomic E-state index is 0.786. The Balaban J connectivity index is 2.88. The average molecular weight is 195 g/mol. The maximum Gasteiger partial charge on any atom is 0.0377 e. The third-order valence-corrected chi connectivity index (χ3v) is 3.13. The molecule has 0 spiro atoms. The first kappa shape index (κ1) is 7.95. The van der Waals surface area contributed by atoms with Gasteiger partial charge in [0.05, 0.1) is 0 Å². The number of anilines is 1. The van der Waals surface area contributed by atoms with Crippen LogP contribution in [0.3, 0.4) is 0 Å². The van der Waals surface area contributed by atoms with Crippen LogP contribution in [0.15, 0.2) is 23.1 Å². The molecule has 2 N–H and O–H groups in total. The highest BCUT2D eigenvalue weighted by Crippen LogP contribution is 2.31. The van der Waals surface area contributed by atoms with Gasteiger partial charge < -0.3 is 5.73 Å². The van der Waals surface area contributed by atoms with Crippen molar-refractivity contribution in [3.8, 4) is 0 Å². The van der Waals surface area contributed by atoms with E-state index < -0.39 is 0 Å². The first-order chi connectivity index (χ1) is 5.66. The summed E-state index contributed by atoms with van der Waals surface area (Å²) >= 11 is 6.11. The number of hydrogen-bond donors (Lipinski definition) is 2. The molecule has 1 aromatic carbocycles. The fourth-order valence-corrected chi connectivity index (χ4v) is 2.68. The molecule has 0 aliphatic heterocycles. The smallest absolute Gasteiger partial charge is 0.0377 e. The summed E-state index contributed by atoms with van der Waals surface area (Å²) in [5, 5.41) is 1.20. The number of thiophene rings is 1. The Morgan fingerprint density at radius 1 is 1.33 bits per heavy atom. The van der Waals surface area contributed by atoms with E-state index in [1.54, 1.807) is 11.3 Å². The van der Waals surface area contributed by atoms with Crippen LogP contribution in [0.25, 0.3) is 10.1 Å². The largest absolute Gasteiger partial charge is 0.399 e. The summed E-state index contributed by atoms with van der Waals surface area (Å²) in [4.78, 5) is 2.26. The predicted octanol–water partition coefficient (Wildman–Crippen LogP) is 3.08. The van der Waals surface area contributed by atoms with Crippen LogP contribution in [0.1, 0.15) is 4.88 Å². The molecule has 62 valence electrons. The van der Waals surface area contributed by atoms with Gasteiger partial charge in [-0.3, -0.25) is 0 Å². The molecule has 1 nitrogen and oxygen atoms in total. The van der Waals surface area contributed by atoms with Crippen LogP contribution in [0.5, 0.6) is 0 Å². The number of hydrogen-bond acceptors (Lipinski definition) is 3. The number of benzene rings is 1. The molecule has 3 heteroatoms. The number of aryl methyl sites for hydroxylation is 1. The summed E-state index contributed by atoms with van der Waals surface area (Å²) in [7, 11) is 0. The van der Waals surface area contributed by atoms with Crippen molar-refractivity contribution in [3.63, 3.8) is 0 Å². The van der Waals surface area contributed by atoms with Crippen LogP contribution in [0.2, 0.25) is 0 Å². The van der Waals surface area contributed by atoms with Crippen molar-refractivity contribution in [1.82, 2.24) is 0 Å². The zero-order valence-corrected chi connectivity index (χ0v) is 8.38. The van der Waals surface area contributed by atoms with Crippen molar-refractivity contribution in [2.24, 2.45) is 0 Å². The molecular formula is C9H9NS2. The monoisotopic (exact) mass is 195 g/mol. The lowest BCUT2D eigenvalue weighted by Crippen LogP contribution is -1.82. The van der Waals surface area contributed by atoms with E-state index in [4.69, 9.17) is 5.73 Å². The van der Waals surface area contributed by atoms with Crippen molar-refractivity contribution in [1.29, 1.82) is 0 Å². The van der Waals surface area contributed by atoms with Crippen LogP contribution in [0.4, 0.5) is 5.69 Å². The molecule has 0 radical (unpaired) electrons. The van der Waals surface area contributed by atoms with E-state index in [2.05, 4.69) is 25.6 Å². The van der Waals surface area contributed by atoms with Crippen LogP contribution >= 0.6 is 24.0 Å². The maximum absolute atomic E-state index is 5.69. The zero-order chi connectivity index (χ0) is 8.72. The van der Waals surface area contributed by atoms with Gasteiger partial charge in [0.25, 0.3) is 0 Å². The first-order valence-corrected chi connectivity index (χ1v) is 4.92. The van der Waals surface area contributed by atoms with Gasteiger partial charge in [0, 0.05) is 25.5 Å². The van der Waals surface area contributed by atoms with Gasteiger partial charge in [0.1, 0.15) is 0 Å². The fourth-order valence-electron chi connectivity index (χ4n) is 1.27. The number of nitrogens with two attached hydrogens (primary N) is 1. The van der Waals surface area contributed by atoms with Gasteiger partial charge >= 0.3 is 0 Å². The van der Waals surface area contributed by atoms with Crippen LogP contribution < -0.4 is 5.73 Å². The van der Waals surface area contributed by atoms with E-state index in [9.17, 15) is 0 Å². The van der Waals surface area contributed by atoms with Crippen molar-refractivity contribution in [3.05, 3.63) is 23.1 Å². The van der Waals surface area contributed by atoms with Gasteiger partial charge in [-0.05, 0) is 25.1 Å². The second-order valence-electron chi connectivity index (χ2n) is 2.81. The summed E-state index contributed by atoms with van der Waals surface area (Å²) in [6.45, 7) is 2.09. The molecule has 0 aliphatic rings. The van der Waals surface area contributed by atoms with E-state index in [1.807, 2.05) is 12.1 Å². The Kier molecular flexibility index (Phi) is 1.77. The van der Waals surface area contributed by atoms with Crippen molar-refractivity contribution in [2.75, 3.05) is 5.73 Å². The molecular weight excluding hydrogens is 186 g/mol. The molecule has 2 rings (SSSR count). The molecule has 2 aromatic rings. The lowest BCUT2D eigenvalue weighted by molar-refractivity contribution is 1.56. The third-order valence-electron chi connectivity index (χ3n) is 1.76. The highest BCUT2D eigenvalue weighted by atomic mass is 32.1. The second-order valence-corrected chi connectivity index (χ2v) is 4.58. The topological polar surface area (TPSA) is 26.0 Å². The Labute approximate surface area is 80.6 Å². The molecule has 0 saturated heterocycles. The molecule has 0 fully saturated rings. The summed E-state index contributed by atoms with van der Waals surface area (Å²) in [6.07, 6.45) is 0. The molecule has 1 aromatic heterocycles. The minimum Gasteiger partial charge on any atom is -0.399 e.